The molecule has 2 aromatic heterocycles. The molecule has 0 spiro atoms. The Bertz CT molecular complexity index is 1690. The Hall–Kier alpha value is -4.57. The molecule has 3 unspecified atom stereocenters. The molecule has 4 heterocycles. The maximum absolute atomic E-state index is 9.77. The van der Waals surface area contributed by atoms with E-state index in [-0.39, 0.29) is 6.23 Å². The number of hydrogen-bond acceptors (Lipinski definition) is 11. The first-order valence-electron chi connectivity index (χ1n) is 16.2. The number of aromatic nitrogens is 5. The maximum atomic E-state index is 9.77. The van der Waals surface area contributed by atoms with Crippen LogP contribution in [0.2, 0.25) is 0 Å². The summed E-state index contributed by atoms with van der Waals surface area (Å²) in [6, 6.07) is 17.0. The zero-order valence-corrected chi connectivity index (χ0v) is 27.5. The first-order valence-corrected chi connectivity index (χ1v) is 16.2. The van der Waals surface area contributed by atoms with Gasteiger partial charge in [-0.1, -0.05) is 24.3 Å². The van der Waals surface area contributed by atoms with E-state index in [0.29, 0.717) is 6.61 Å². The van der Waals surface area contributed by atoms with Crippen molar-refractivity contribution in [2.75, 3.05) is 55.7 Å². The lowest BCUT2D eigenvalue weighted by Gasteiger charge is -2.32. The van der Waals surface area contributed by atoms with Gasteiger partial charge in [0.15, 0.2) is 18.0 Å². The molecule has 2 aliphatic heterocycles. The minimum absolute atomic E-state index is 0.0521. The van der Waals surface area contributed by atoms with E-state index in [9.17, 15) is 9.59 Å². The van der Waals surface area contributed by atoms with E-state index >= 15 is 0 Å². The maximum Gasteiger partial charge on any atom is 0.335 e. The standard InChI is InChI=1S/C29H38N8O.C4H6O6/c1-4-38-23(3)37-25-12-6-5-11-24(25)30-29(37)34-17-9-15-33(19-20-34)16-10-18-35-21-28-32-31-22(2)36(28)27-14-8-7-13-26(27)35;5-1(3(7)8)2(6)4(9)10/h5-8,11-14,23H,4,9-10,15-21H2,1-3H3;1-2,5-6H,(H,7,8)(H,9,10). The van der Waals surface area contributed by atoms with Gasteiger partial charge in [-0.2, -0.15) is 0 Å². The van der Waals surface area contributed by atoms with Gasteiger partial charge in [-0.05, 0) is 71.0 Å². The molecular weight excluding hydrogens is 620 g/mol. The van der Waals surface area contributed by atoms with Crippen LogP contribution in [0.4, 0.5) is 11.6 Å². The molecule has 0 bridgehead atoms. The van der Waals surface area contributed by atoms with Gasteiger partial charge >= 0.3 is 11.9 Å². The number of anilines is 2. The Kier molecular flexibility index (Phi) is 11.3. The lowest BCUT2D eigenvalue weighted by Crippen LogP contribution is -2.39. The highest BCUT2D eigenvalue weighted by Gasteiger charge is 2.29. The van der Waals surface area contributed by atoms with Crippen LogP contribution in [0.3, 0.4) is 0 Å². The van der Waals surface area contributed by atoms with Crippen molar-refractivity contribution in [3.8, 4) is 5.69 Å². The van der Waals surface area contributed by atoms with Gasteiger partial charge in [-0.15, -0.1) is 10.2 Å². The minimum Gasteiger partial charge on any atom is -0.479 e. The number of benzene rings is 2. The summed E-state index contributed by atoms with van der Waals surface area (Å²) in [4.78, 5) is 32.1. The molecule has 15 heteroatoms. The van der Waals surface area contributed by atoms with E-state index in [1.807, 2.05) is 13.8 Å². The molecule has 0 amide bonds. The van der Waals surface area contributed by atoms with Crippen LogP contribution in [0.25, 0.3) is 16.7 Å². The predicted octanol–water partition coefficient (Wildman–Crippen LogP) is 2.28. The van der Waals surface area contributed by atoms with Crippen LogP contribution in [0, 0.1) is 6.92 Å². The first kappa shape index (κ1) is 34.8. The van der Waals surface area contributed by atoms with Crippen LogP contribution >= 0.6 is 0 Å². The summed E-state index contributed by atoms with van der Waals surface area (Å²) in [5.41, 5.74) is 4.62. The van der Waals surface area contributed by atoms with E-state index in [1.54, 1.807) is 0 Å². The summed E-state index contributed by atoms with van der Waals surface area (Å²) < 4.78 is 10.5. The van der Waals surface area contributed by atoms with Gasteiger partial charge < -0.3 is 39.9 Å². The van der Waals surface area contributed by atoms with Crippen molar-refractivity contribution in [2.45, 2.75) is 58.6 Å². The highest BCUT2D eigenvalue weighted by molar-refractivity contribution is 5.83. The van der Waals surface area contributed by atoms with Crippen LogP contribution < -0.4 is 9.80 Å². The van der Waals surface area contributed by atoms with E-state index in [4.69, 9.17) is 30.1 Å². The van der Waals surface area contributed by atoms with Crippen molar-refractivity contribution in [3.63, 3.8) is 0 Å². The van der Waals surface area contributed by atoms with Crippen molar-refractivity contribution in [1.29, 1.82) is 0 Å². The third kappa shape index (κ3) is 7.59. The van der Waals surface area contributed by atoms with E-state index in [2.05, 4.69) is 89.5 Å². The minimum atomic E-state index is -2.27. The van der Waals surface area contributed by atoms with Crippen molar-refractivity contribution in [1.82, 2.24) is 29.2 Å². The number of aliphatic hydroxyl groups excluding tert-OH is 2. The quantitative estimate of drug-likeness (QED) is 0.183. The van der Waals surface area contributed by atoms with Crippen molar-refractivity contribution in [3.05, 3.63) is 60.2 Å². The number of carboxylic acids is 2. The number of aryl methyl sites for hydroxylation is 1. The molecular formula is C33H44N8O7. The Morgan fingerprint density at radius 1 is 0.896 bits per heavy atom. The number of aliphatic carboxylic acids is 2. The Morgan fingerprint density at radius 3 is 2.29 bits per heavy atom. The molecule has 0 aliphatic carbocycles. The molecule has 2 aromatic carbocycles. The summed E-state index contributed by atoms with van der Waals surface area (Å²) in [5, 5.41) is 41.3. The van der Waals surface area contributed by atoms with Gasteiger partial charge in [0.2, 0.25) is 5.95 Å². The molecule has 1 fully saturated rings. The fraction of sp³-hybridized carbons (Fsp3) is 0.485. The fourth-order valence-corrected chi connectivity index (χ4v) is 6.28. The van der Waals surface area contributed by atoms with Crippen molar-refractivity contribution in [2.24, 2.45) is 0 Å². The molecule has 0 saturated carbocycles. The summed E-state index contributed by atoms with van der Waals surface area (Å²) in [7, 11) is 0. The number of carboxylic acid groups (broad SMARTS) is 2. The molecule has 0 radical (unpaired) electrons. The topological polar surface area (TPSA) is 183 Å². The number of aliphatic hydroxyl groups is 2. The number of nitrogens with zero attached hydrogens (tertiary/aromatic N) is 8. The SMILES string of the molecule is CCOC(C)n1c(N2CCCN(CCCN3Cc4nnc(C)n4-c4ccccc43)CC2)nc2ccccc21.O=C(O)C(O)C(O)C(=O)O. The molecule has 15 nitrogen and oxygen atoms in total. The van der Waals surface area contributed by atoms with Crippen molar-refractivity contribution >= 4 is 34.6 Å². The monoisotopic (exact) mass is 664 g/mol. The highest BCUT2D eigenvalue weighted by atomic mass is 16.5. The number of imidazole rings is 1. The molecule has 1 saturated heterocycles. The average Bonchev–Trinajstić information content (AvgIpc) is 3.56. The van der Waals surface area contributed by atoms with Gasteiger partial charge in [-0.3, -0.25) is 9.13 Å². The summed E-state index contributed by atoms with van der Waals surface area (Å²) in [6.07, 6.45) is -2.35. The normalized spacial score (nSPS) is 16.7. The predicted molar refractivity (Wildman–Crippen MR) is 178 cm³/mol. The van der Waals surface area contributed by atoms with Crippen LogP contribution in [0.5, 0.6) is 0 Å². The molecule has 4 aromatic rings. The van der Waals surface area contributed by atoms with Crippen LogP contribution in [0.1, 0.15) is 44.6 Å². The summed E-state index contributed by atoms with van der Waals surface area (Å²) in [5.74, 6) is -0.538. The second-order valence-electron chi connectivity index (χ2n) is 11.8. The number of para-hydroxylation sites is 4. The Labute approximate surface area is 278 Å². The van der Waals surface area contributed by atoms with Crippen LogP contribution in [-0.2, 0) is 20.9 Å². The summed E-state index contributed by atoms with van der Waals surface area (Å²) in [6.45, 7) is 13.9. The molecule has 48 heavy (non-hydrogen) atoms. The third-order valence-corrected chi connectivity index (χ3v) is 8.61. The number of hydrogen-bond donors (Lipinski definition) is 4. The zero-order chi connectivity index (χ0) is 34.4. The number of ether oxygens (including phenoxy) is 1. The lowest BCUT2D eigenvalue weighted by atomic mass is 10.1. The summed E-state index contributed by atoms with van der Waals surface area (Å²) >= 11 is 0. The zero-order valence-electron chi connectivity index (χ0n) is 27.5. The third-order valence-electron chi connectivity index (χ3n) is 8.61. The number of fused-ring (bicyclic) bond motifs is 4. The van der Waals surface area contributed by atoms with Crippen molar-refractivity contribution < 1.29 is 34.8 Å². The molecule has 258 valence electrons. The van der Waals surface area contributed by atoms with E-state index < -0.39 is 24.1 Å². The average molecular weight is 665 g/mol. The first-order chi connectivity index (χ1) is 23.1. The largest absolute Gasteiger partial charge is 0.479 e. The van der Waals surface area contributed by atoms with Gasteiger partial charge in [-0.25, -0.2) is 14.6 Å². The lowest BCUT2D eigenvalue weighted by molar-refractivity contribution is -0.165. The molecule has 3 atom stereocenters. The smallest absolute Gasteiger partial charge is 0.335 e. The van der Waals surface area contributed by atoms with Gasteiger partial charge in [0, 0.05) is 32.8 Å². The molecule has 2 aliphatic rings. The molecule has 6 rings (SSSR count). The number of carbonyl (C=O) groups is 2. The van der Waals surface area contributed by atoms with E-state index in [0.717, 1.165) is 87.3 Å². The Balaban J connectivity index is 0.000000393. The second-order valence-corrected chi connectivity index (χ2v) is 11.8. The van der Waals surface area contributed by atoms with Gasteiger partial charge in [0.25, 0.3) is 0 Å². The van der Waals surface area contributed by atoms with Gasteiger partial charge in [0.1, 0.15) is 12.1 Å². The van der Waals surface area contributed by atoms with Gasteiger partial charge in [0.05, 0.1) is 29.0 Å². The molecule has 4 N–H and O–H groups in total. The number of rotatable bonds is 11. The second kappa shape index (κ2) is 15.6. The van der Waals surface area contributed by atoms with Crippen LogP contribution in [-0.4, -0.2) is 120 Å². The highest BCUT2D eigenvalue weighted by Crippen LogP contribution is 2.32. The fourth-order valence-electron chi connectivity index (χ4n) is 6.28. The van der Waals surface area contributed by atoms with E-state index in [1.165, 1.54) is 11.4 Å². The Morgan fingerprint density at radius 2 is 1.58 bits per heavy atom. The van der Waals surface area contributed by atoms with Crippen LogP contribution in [0.15, 0.2) is 48.5 Å².